The summed E-state index contributed by atoms with van der Waals surface area (Å²) >= 11 is 0. The third-order valence-electron chi connectivity index (χ3n) is 2.04. The van der Waals surface area contributed by atoms with Crippen LogP contribution in [-0.4, -0.2) is 15.7 Å². The smallest absolute Gasteiger partial charge is 0.295 e. The van der Waals surface area contributed by atoms with Crippen molar-refractivity contribution in [2.45, 2.75) is 24.5 Å². The van der Waals surface area contributed by atoms with Crippen LogP contribution in [0.3, 0.4) is 0 Å². The van der Waals surface area contributed by atoms with Gasteiger partial charge in [-0.25, -0.2) is 4.21 Å². The van der Waals surface area contributed by atoms with Crippen LogP contribution >= 0.6 is 0 Å². The molecule has 0 aliphatic rings. The second kappa shape index (κ2) is 4.61. The molecule has 0 saturated heterocycles. The molecule has 0 saturated carbocycles. The lowest BCUT2D eigenvalue weighted by Gasteiger charge is -2.08. The highest BCUT2D eigenvalue weighted by Gasteiger charge is 2.19. The number of alkyl halides is 2. The molecule has 0 bridgehead atoms. The van der Waals surface area contributed by atoms with Crippen LogP contribution in [-0.2, 0) is 10.8 Å². The summed E-state index contributed by atoms with van der Waals surface area (Å²) in [6, 6.07) is 4.34. The average molecular weight is 232 g/mol. The van der Waals surface area contributed by atoms with Crippen molar-refractivity contribution in [1.82, 2.24) is 0 Å². The molecule has 0 aliphatic heterocycles. The zero-order valence-corrected chi connectivity index (χ0v) is 9.11. The number of benzene rings is 1. The van der Waals surface area contributed by atoms with E-state index in [0.29, 0.717) is 11.1 Å². The number of ketones is 1. The van der Waals surface area contributed by atoms with Gasteiger partial charge in [0.25, 0.3) is 0 Å². The summed E-state index contributed by atoms with van der Waals surface area (Å²) in [4.78, 5) is 11.2. The minimum atomic E-state index is -2.93. The maximum Gasteiger partial charge on any atom is 0.316 e. The zero-order chi connectivity index (χ0) is 11.6. The van der Waals surface area contributed by atoms with E-state index in [0.717, 1.165) is 0 Å². The van der Waals surface area contributed by atoms with Gasteiger partial charge in [-0.1, -0.05) is 12.1 Å². The number of rotatable bonds is 3. The van der Waals surface area contributed by atoms with Gasteiger partial charge in [0.2, 0.25) is 0 Å². The molecule has 82 valence electrons. The number of carbonyl (C=O) groups is 1. The molecule has 0 aromatic heterocycles. The lowest BCUT2D eigenvalue weighted by Crippen LogP contribution is -2.07. The Bertz CT molecular complexity index is 416. The van der Waals surface area contributed by atoms with Gasteiger partial charge in [0.15, 0.2) is 5.78 Å². The molecule has 0 heterocycles. The SMILES string of the molecule is CC(=O)c1cccc(S(=O)C(F)F)c1C. The van der Waals surface area contributed by atoms with Crippen LogP contribution in [0.4, 0.5) is 8.78 Å². The van der Waals surface area contributed by atoms with Crippen molar-refractivity contribution < 1.29 is 17.8 Å². The predicted octanol–water partition coefficient (Wildman–Crippen LogP) is 2.53. The molecule has 0 aliphatic carbocycles. The van der Waals surface area contributed by atoms with Crippen LogP contribution in [0.15, 0.2) is 23.1 Å². The van der Waals surface area contributed by atoms with Gasteiger partial charge in [-0.15, -0.1) is 0 Å². The zero-order valence-electron chi connectivity index (χ0n) is 8.29. The van der Waals surface area contributed by atoms with Crippen molar-refractivity contribution in [3.05, 3.63) is 29.3 Å². The summed E-state index contributed by atoms with van der Waals surface area (Å²) in [6.45, 7) is 2.86. The Balaban J connectivity index is 3.27. The predicted molar refractivity (Wildman–Crippen MR) is 53.6 cm³/mol. The van der Waals surface area contributed by atoms with Gasteiger partial charge >= 0.3 is 5.76 Å². The fraction of sp³-hybridized carbons (Fsp3) is 0.300. The minimum Gasteiger partial charge on any atom is -0.295 e. The van der Waals surface area contributed by atoms with Crippen LogP contribution in [0.2, 0.25) is 0 Å². The third-order valence-corrected chi connectivity index (χ3v) is 3.24. The Morgan fingerprint density at radius 2 is 2.00 bits per heavy atom. The molecule has 0 amide bonds. The first-order chi connectivity index (χ1) is 6.95. The number of hydrogen-bond acceptors (Lipinski definition) is 2. The van der Waals surface area contributed by atoms with Gasteiger partial charge in [0.05, 0.1) is 0 Å². The molecule has 0 spiro atoms. The number of hydrogen-bond donors (Lipinski definition) is 0. The molecule has 0 fully saturated rings. The molecular formula is C10H10F2O2S. The topological polar surface area (TPSA) is 34.1 Å². The lowest BCUT2D eigenvalue weighted by molar-refractivity contribution is 0.101. The van der Waals surface area contributed by atoms with E-state index < -0.39 is 16.6 Å². The first kappa shape index (κ1) is 12.0. The second-order valence-corrected chi connectivity index (χ2v) is 4.43. The van der Waals surface area contributed by atoms with E-state index in [1.807, 2.05) is 0 Å². The lowest BCUT2D eigenvalue weighted by atomic mass is 10.1. The van der Waals surface area contributed by atoms with E-state index in [9.17, 15) is 17.8 Å². The van der Waals surface area contributed by atoms with E-state index in [1.165, 1.54) is 32.0 Å². The van der Waals surface area contributed by atoms with Gasteiger partial charge in [-0.2, -0.15) is 8.78 Å². The third kappa shape index (κ3) is 2.47. The fourth-order valence-electron chi connectivity index (χ4n) is 1.31. The van der Waals surface area contributed by atoms with Crippen LogP contribution < -0.4 is 0 Å². The van der Waals surface area contributed by atoms with Crippen molar-refractivity contribution in [3.8, 4) is 0 Å². The standard InChI is InChI=1S/C10H10F2O2S/c1-6-8(7(2)13)4-3-5-9(6)15(14)10(11)12/h3-5,10H,1-2H3. The Morgan fingerprint density at radius 3 is 2.47 bits per heavy atom. The van der Waals surface area contributed by atoms with Gasteiger partial charge in [0.1, 0.15) is 10.8 Å². The highest BCUT2D eigenvalue weighted by atomic mass is 32.2. The van der Waals surface area contributed by atoms with Crippen LogP contribution in [0, 0.1) is 6.92 Å². The van der Waals surface area contributed by atoms with E-state index in [2.05, 4.69) is 0 Å². The first-order valence-electron chi connectivity index (χ1n) is 4.24. The normalized spacial score (nSPS) is 12.9. The van der Waals surface area contributed by atoms with E-state index in [1.54, 1.807) is 0 Å². The maximum atomic E-state index is 12.2. The Kier molecular flexibility index (Phi) is 3.68. The van der Waals surface area contributed by atoms with Crippen LogP contribution in [0.1, 0.15) is 22.8 Å². The van der Waals surface area contributed by atoms with Crippen molar-refractivity contribution in [1.29, 1.82) is 0 Å². The summed E-state index contributed by atoms with van der Waals surface area (Å²) < 4.78 is 35.7. The highest BCUT2D eigenvalue weighted by Crippen LogP contribution is 2.21. The molecule has 0 N–H and O–H groups in total. The van der Waals surface area contributed by atoms with Gasteiger partial charge in [-0.3, -0.25) is 4.79 Å². The van der Waals surface area contributed by atoms with E-state index in [-0.39, 0.29) is 10.7 Å². The van der Waals surface area contributed by atoms with Crippen molar-refractivity contribution in [2.75, 3.05) is 0 Å². The summed E-state index contributed by atoms with van der Waals surface area (Å²) in [7, 11) is -2.36. The highest BCUT2D eigenvalue weighted by molar-refractivity contribution is 7.85. The molecule has 5 heteroatoms. The number of carbonyl (C=O) groups excluding carboxylic acids is 1. The van der Waals surface area contributed by atoms with E-state index >= 15 is 0 Å². The summed E-state index contributed by atoms with van der Waals surface area (Å²) in [5.41, 5.74) is 0.699. The Labute approximate surface area is 88.8 Å². The number of Topliss-reactive ketones (excluding diaryl/α,β-unsaturated/α-hetero) is 1. The first-order valence-corrected chi connectivity index (χ1v) is 5.45. The fourth-order valence-corrected chi connectivity index (χ4v) is 2.13. The minimum absolute atomic E-state index is 0.0256. The molecule has 1 aromatic rings. The van der Waals surface area contributed by atoms with Gasteiger partial charge in [-0.05, 0) is 25.5 Å². The molecule has 1 aromatic carbocycles. The average Bonchev–Trinajstić information content (AvgIpc) is 2.16. The second-order valence-electron chi connectivity index (χ2n) is 3.04. The quantitative estimate of drug-likeness (QED) is 0.750. The summed E-state index contributed by atoms with van der Waals surface area (Å²) in [6.07, 6.45) is 0. The molecule has 1 atom stereocenters. The van der Waals surface area contributed by atoms with E-state index in [4.69, 9.17) is 0 Å². The monoisotopic (exact) mass is 232 g/mol. The molecule has 1 rings (SSSR count). The molecular weight excluding hydrogens is 222 g/mol. The Morgan fingerprint density at radius 1 is 1.40 bits per heavy atom. The summed E-state index contributed by atoms with van der Waals surface area (Å²) in [5.74, 6) is -3.15. The van der Waals surface area contributed by atoms with Gasteiger partial charge in [0, 0.05) is 10.5 Å². The largest absolute Gasteiger partial charge is 0.316 e. The van der Waals surface area contributed by atoms with Crippen LogP contribution in [0.25, 0.3) is 0 Å². The molecule has 1 unspecified atom stereocenters. The number of halogens is 2. The molecule has 15 heavy (non-hydrogen) atoms. The summed E-state index contributed by atoms with van der Waals surface area (Å²) in [5, 5.41) is 0. The molecule has 2 nitrogen and oxygen atoms in total. The van der Waals surface area contributed by atoms with Crippen molar-refractivity contribution >= 4 is 16.6 Å². The maximum absolute atomic E-state index is 12.2. The van der Waals surface area contributed by atoms with Gasteiger partial charge < -0.3 is 0 Å². The Hall–Kier alpha value is -1.10. The molecule has 0 radical (unpaired) electrons. The van der Waals surface area contributed by atoms with Crippen molar-refractivity contribution in [3.63, 3.8) is 0 Å². The van der Waals surface area contributed by atoms with Crippen molar-refractivity contribution in [2.24, 2.45) is 0 Å². The van der Waals surface area contributed by atoms with Crippen LogP contribution in [0.5, 0.6) is 0 Å².